The summed E-state index contributed by atoms with van der Waals surface area (Å²) in [5, 5.41) is 0.529. The van der Waals surface area contributed by atoms with E-state index >= 15 is 0 Å². The second-order valence-electron chi connectivity index (χ2n) is 5.46. The van der Waals surface area contributed by atoms with E-state index in [1.165, 1.54) is 19.2 Å². The summed E-state index contributed by atoms with van der Waals surface area (Å²) in [5.74, 6) is -1.88. The van der Waals surface area contributed by atoms with Crippen LogP contribution in [-0.4, -0.2) is 36.6 Å². The van der Waals surface area contributed by atoms with Crippen LogP contribution >= 0.6 is 0 Å². The predicted octanol–water partition coefficient (Wildman–Crippen LogP) is 1.80. The van der Waals surface area contributed by atoms with Crippen LogP contribution in [0.2, 0.25) is 0 Å². The third kappa shape index (κ3) is 2.80. The Bertz CT molecular complexity index is 558. The number of fused-ring (bicyclic) bond motifs is 1. The SMILES string of the molecule is COCCC(C)(C)C(=O)ON1C(=O)c2ccccc2C1=O. The highest BCUT2D eigenvalue weighted by molar-refractivity contribution is 6.20. The van der Waals surface area contributed by atoms with Gasteiger partial charge in [-0.15, -0.1) is 0 Å². The summed E-state index contributed by atoms with van der Waals surface area (Å²) < 4.78 is 4.94. The van der Waals surface area contributed by atoms with Crippen molar-refractivity contribution in [2.75, 3.05) is 13.7 Å². The van der Waals surface area contributed by atoms with Crippen molar-refractivity contribution in [3.05, 3.63) is 35.4 Å². The summed E-state index contributed by atoms with van der Waals surface area (Å²) in [4.78, 5) is 41.3. The maximum atomic E-state index is 12.1. The van der Waals surface area contributed by atoms with Gasteiger partial charge in [0.25, 0.3) is 11.8 Å². The Balaban J connectivity index is 2.13. The van der Waals surface area contributed by atoms with E-state index in [-0.39, 0.29) is 11.1 Å². The third-order valence-corrected chi connectivity index (χ3v) is 3.41. The van der Waals surface area contributed by atoms with E-state index in [1.54, 1.807) is 26.0 Å². The smallest absolute Gasteiger partial charge is 0.338 e. The van der Waals surface area contributed by atoms with E-state index in [9.17, 15) is 14.4 Å². The Morgan fingerprint density at radius 3 is 2.14 bits per heavy atom. The molecule has 0 bridgehead atoms. The van der Waals surface area contributed by atoms with Gasteiger partial charge in [-0.05, 0) is 32.4 Å². The molecule has 1 aliphatic rings. The van der Waals surface area contributed by atoms with Gasteiger partial charge in [0.15, 0.2) is 0 Å². The molecule has 0 aromatic heterocycles. The highest BCUT2D eigenvalue weighted by Crippen LogP contribution is 2.27. The zero-order valence-electron chi connectivity index (χ0n) is 12.2. The molecule has 2 amide bonds. The number of carbonyl (C=O) groups is 3. The molecule has 0 saturated heterocycles. The van der Waals surface area contributed by atoms with Crippen LogP contribution in [0.1, 0.15) is 41.0 Å². The van der Waals surface area contributed by atoms with Crippen LogP contribution in [0.4, 0.5) is 0 Å². The normalized spacial score (nSPS) is 14.3. The van der Waals surface area contributed by atoms with Gasteiger partial charge in [0.1, 0.15) is 0 Å². The van der Waals surface area contributed by atoms with Crippen LogP contribution in [0.15, 0.2) is 24.3 Å². The molecule has 6 heteroatoms. The quantitative estimate of drug-likeness (QED) is 0.773. The maximum absolute atomic E-state index is 12.1. The average molecular weight is 291 g/mol. The Labute approximate surface area is 122 Å². The fraction of sp³-hybridized carbons (Fsp3) is 0.400. The Morgan fingerprint density at radius 1 is 1.14 bits per heavy atom. The minimum atomic E-state index is -0.856. The first-order valence-corrected chi connectivity index (χ1v) is 6.57. The molecule has 0 saturated carbocycles. The molecule has 1 heterocycles. The molecule has 112 valence electrons. The highest BCUT2D eigenvalue weighted by atomic mass is 16.7. The third-order valence-electron chi connectivity index (χ3n) is 3.41. The first-order valence-electron chi connectivity index (χ1n) is 6.57. The second-order valence-corrected chi connectivity index (χ2v) is 5.46. The van der Waals surface area contributed by atoms with Crippen LogP contribution in [0, 0.1) is 5.41 Å². The van der Waals surface area contributed by atoms with Crippen molar-refractivity contribution in [3.63, 3.8) is 0 Å². The summed E-state index contributed by atoms with van der Waals surface area (Å²) in [7, 11) is 1.53. The number of hydrogen-bond acceptors (Lipinski definition) is 5. The molecule has 21 heavy (non-hydrogen) atoms. The summed E-state index contributed by atoms with van der Waals surface area (Å²) in [6, 6.07) is 6.36. The van der Waals surface area contributed by atoms with Gasteiger partial charge < -0.3 is 9.57 Å². The number of imide groups is 1. The molecule has 6 nitrogen and oxygen atoms in total. The summed E-state index contributed by atoms with van der Waals surface area (Å²) >= 11 is 0. The van der Waals surface area contributed by atoms with Crippen molar-refractivity contribution in [1.29, 1.82) is 0 Å². The number of nitrogens with zero attached hydrogens (tertiary/aromatic N) is 1. The van der Waals surface area contributed by atoms with Crippen molar-refractivity contribution in [2.45, 2.75) is 20.3 Å². The van der Waals surface area contributed by atoms with Crippen LogP contribution in [0.5, 0.6) is 0 Å². The van der Waals surface area contributed by atoms with Crippen molar-refractivity contribution >= 4 is 17.8 Å². The fourth-order valence-corrected chi connectivity index (χ4v) is 1.92. The van der Waals surface area contributed by atoms with E-state index in [0.717, 1.165) is 0 Å². The predicted molar refractivity (Wildman–Crippen MR) is 73.3 cm³/mol. The molecule has 1 aromatic rings. The number of hydroxylamine groups is 2. The molecule has 0 spiro atoms. The van der Waals surface area contributed by atoms with Crippen molar-refractivity contribution in [1.82, 2.24) is 5.06 Å². The average Bonchev–Trinajstić information content (AvgIpc) is 2.71. The number of rotatable bonds is 5. The lowest BCUT2D eigenvalue weighted by atomic mass is 9.90. The van der Waals surface area contributed by atoms with E-state index in [4.69, 9.17) is 9.57 Å². The van der Waals surface area contributed by atoms with Gasteiger partial charge in [0.05, 0.1) is 16.5 Å². The second kappa shape index (κ2) is 5.65. The van der Waals surface area contributed by atoms with Gasteiger partial charge in [0, 0.05) is 13.7 Å². The van der Waals surface area contributed by atoms with Crippen LogP contribution in [-0.2, 0) is 14.4 Å². The molecular weight excluding hydrogens is 274 g/mol. The number of amides is 2. The molecule has 2 rings (SSSR count). The minimum absolute atomic E-state index is 0.241. The van der Waals surface area contributed by atoms with E-state index in [1.807, 2.05) is 0 Å². The van der Waals surface area contributed by atoms with Crippen LogP contribution in [0.25, 0.3) is 0 Å². The molecule has 0 radical (unpaired) electrons. The van der Waals surface area contributed by atoms with E-state index in [0.29, 0.717) is 18.1 Å². The first-order chi connectivity index (χ1) is 9.88. The maximum Gasteiger partial charge on any atom is 0.338 e. The zero-order valence-corrected chi connectivity index (χ0v) is 12.2. The van der Waals surface area contributed by atoms with Crippen molar-refractivity contribution < 1.29 is 24.0 Å². The van der Waals surface area contributed by atoms with Gasteiger partial charge in [-0.25, -0.2) is 4.79 Å². The van der Waals surface area contributed by atoms with Crippen LogP contribution < -0.4 is 0 Å². The molecule has 0 fully saturated rings. The number of hydrogen-bond donors (Lipinski definition) is 0. The summed E-state index contributed by atoms with van der Waals surface area (Å²) in [6.45, 7) is 3.73. The minimum Gasteiger partial charge on any atom is -0.385 e. The topological polar surface area (TPSA) is 72.9 Å². The summed E-state index contributed by atoms with van der Waals surface area (Å²) in [6.07, 6.45) is 0.422. The fourth-order valence-electron chi connectivity index (χ4n) is 1.92. The molecule has 0 aliphatic carbocycles. The van der Waals surface area contributed by atoms with Gasteiger partial charge >= 0.3 is 5.97 Å². The van der Waals surface area contributed by atoms with Crippen LogP contribution in [0.3, 0.4) is 0 Å². The molecule has 1 aromatic carbocycles. The largest absolute Gasteiger partial charge is 0.385 e. The lowest BCUT2D eigenvalue weighted by Gasteiger charge is -2.23. The number of carbonyl (C=O) groups excluding carboxylic acids is 3. The Kier molecular flexibility index (Phi) is 4.09. The number of ether oxygens (including phenoxy) is 1. The van der Waals surface area contributed by atoms with Crippen molar-refractivity contribution in [3.8, 4) is 0 Å². The Morgan fingerprint density at radius 2 is 1.67 bits per heavy atom. The zero-order chi connectivity index (χ0) is 15.6. The Hall–Kier alpha value is -2.21. The molecule has 0 atom stereocenters. The van der Waals surface area contributed by atoms with Crippen molar-refractivity contribution in [2.24, 2.45) is 5.41 Å². The number of methoxy groups -OCH3 is 1. The standard InChI is InChI=1S/C15H17NO5/c1-15(2,8-9-20-3)14(19)21-16-12(17)10-6-4-5-7-11(10)13(16)18/h4-7H,8-9H2,1-3H3. The molecular formula is C15H17NO5. The van der Waals surface area contributed by atoms with E-state index in [2.05, 4.69) is 0 Å². The summed E-state index contributed by atoms with van der Waals surface area (Å²) in [5.41, 5.74) is -0.374. The molecule has 0 N–H and O–H groups in total. The van der Waals surface area contributed by atoms with Gasteiger partial charge in [-0.1, -0.05) is 17.2 Å². The van der Waals surface area contributed by atoms with Gasteiger partial charge in [-0.2, -0.15) is 0 Å². The van der Waals surface area contributed by atoms with E-state index < -0.39 is 23.2 Å². The monoisotopic (exact) mass is 291 g/mol. The first kappa shape index (κ1) is 15.2. The lowest BCUT2D eigenvalue weighted by molar-refractivity contribution is -0.180. The molecule has 0 unspecified atom stereocenters. The molecule has 1 aliphatic heterocycles. The lowest BCUT2D eigenvalue weighted by Crippen LogP contribution is -2.38. The van der Waals surface area contributed by atoms with Gasteiger partial charge in [0.2, 0.25) is 0 Å². The highest BCUT2D eigenvalue weighted by Gasteiger charge is 2.41. The van der Waals surface area contributed by atoms with Gasteiger partial charge in [-0.3, -0.25) is 9.59 Å². The number of benzene rings is 1.